The lowest BCUT2D eigenvalue weighted by atomic mass is 9.92. The second-order valence-electron chi connectivity index (χ2n) is 6.03. The van der Waals surface area contributed by atoms with Crippen LogP contribution in [0.2, 0.25) is 0 Å². The number of hydrogen-bond acceptors (Lipinski definition) is 3. The molecule has 3 rings (SSSR count). The van der Waals surface area contributed by atoms with Gasteiger partial charge in [-0.25, -0.2) is 13.6 Å². The highest BCUT2D eigenvalue weighted by molar-refractivity contribution is 9.10. The molecule has 0 bridgehead atoms. The first-order chi connectivity index (χ1) is 12.3. The molecule has 5 nitrogen and oxygen atoms in total. The van der Waals surface area contributed by atoms with Gasteiger partial charge in [0.25, 0.3) is 5.91 Å². The van der Waals surface area contributed by atoms with Crippen LogP contribution in [-0.4, -0.2) is 23.9 Å². The topological polar surface area (TPSA) is 58.6 Å². The summed E-state index contributed by atoms with van der Waals surface area (Å²) in [5.41, 5.74) is -0.691. The highest BCUT2D eigenvalue weighted by atomic mass is 79.9. The van der Waals surface area contributed by atoms with Crippen molar-refractivity contribution in [2.45, 2.75) is 19.0 Å². The van der Waals surface area contributed by atoms with E-state index in [0.717, 1.165) is 21.5 Å². The average molecular weight is 425 g/mol. The lowest BCUT2D eigenvalue weighted by Crippen LogP contribution is -2.41. The molecule has 1 fully saturated rings. The normalized spacial score (nSPS) is 19.7. The fraction of sp³-hybridized carbons (Fsp3) is 0.222. The van der Waals surface area contributed by atoms with Crippen molar-refractivity contribution in [3.8, 4) is 5.75 Å². The largest absolute Gasteiger partial charge is 0.496 e. The lowest BCUT2D eigenvalue weighted by molar-refractivity contribution is -0.131. The standard InChI is InChI=1S/C18H15BrF2N2O3/c1-18(11-3-5-13(20)14(21)8-11)16(24)23(17(25)22-18)9-10-7-12(19)4-6-15(10)26-2/h3-8H,9H2,1-2H3,(H,22,25). The van der Waals surface area contributed by atoms with Crippen LogP contribution in [0.5, 0.6) is 5.75 Å². The maximum Gasteiger partial charge on any atom is 0.325 e. The molecule has 3 amide bonds. The van der Waals surface area contributed by atoms with Gasteiger partial charge in [0.2, 0.25) is 0 Å². The summed E-state index contributed by atoms with van der Waals surface area (Å²) >= 11 is 3.34. The minimum absolute atomic E-state index is 0.0213. The number of carbonyl (C=O) groups is 2. The number of rotatable bonds is 4. The van der Waals surface area contributed by atoms with E-state index in [0.29, 0.717) is 11.3 Å². The predicted octanol–water partition coefficient (Wildman–Crippen LogP) is 3.70. The summed E-state index contributed by atoms with van der Waals surface area (Å²) in [4.78, 5) is 26.3. The number of halogens is 3. The molecule has 0 radical (unpaired) electrons. The van der Waals surface area contributed by atoms with E-state index in [-0.39, 0.29) is 12.1 Å². The van der Waals surface area contributed by atoms with Gasteiger partial charge in [0.1, 0.15) is 11.3 Å². The molecule has 136 valence electrons. The summed E-state index contributed by atoms with van der Waals surface area (Å²) in [6.07, 6.45) is 0. The van der Waals surface area contributed by atoms with E-state index in [2.05, 4.69) is 21.2 Å². The number of nitrogens with one attached hydrogen (secondary N) is 1. The Kier molecular flexibility index (Phi) is 4.70. The Hall–Kier alpha value is -2.48. The Bertz CT molecular complexity index is 906. The molecule has 0 saturated carbocycles. The second kappa shape index (κ2) is 6.68. The fourth-order valence-electron chi connectivity index (χ4n) is 2.88. The Morgan fingerprint density at radius 2 is 1.88 bits per heavy atom. The number of imide groups is 1. The molecule has 1 saturated heterocycles. The molecule has 1 aliphatic heterocycles. The number of hydrogen-bond donors (Lipinski definition) is 1. The zero-order valence-corrected chi connectivity index (χ0v) is 15.6. The van der Waals surface area contributed by atoms with Gasteiger partial charge in [0.05, 0.1) is 13.7 Å². The third-order valence-electron chi connectivity index (χ3n) is 4.34. The van der Waals surface area contributed by atoms with Crippen LogP contribution in [0, 0.1) is 11.6 Å². The van der Waals surface area contributed by atoms with Crippen LogP contribution in [-0.2, 0) is 16.9 Å². The molecule has 1 unspecified atom stereocenters. The van der Waals surface area contributed by atoms with Crippen molar-refractivity contribution in [1.29, 1.82) is 0 Å². The minimum atomic E-state index is -1.48. The van der Waals surface area contributed by atoms with Crippen molar-refractivity contribution in [2.24, 2.45) is 0 Å². The fourth-order valence-corrected chi connectivity index (χ4v) is 3.29. The van der Waals surface area contributed by atoms with Gasteiger partial charge in [-0.1, -0.05) is 22.0 Å². The molecule has 1 heterocycles. The molecule has 1 aliphatic rings. The zero-order valence-electron chi connectivity index (χ0n) is 14.0. The Labute approximate surface area is 157 Å². The number of ether oxygens (including phenoxy) is 1. The molecule has 1 N–H and O–H groups in total. The first-order valence-corrected chi connectivity index (χ1v) is 8.47. The zero-order chi connectivity index (χ0) is 19.1. The number of methoxy groups -OCH3 is 1. The molecule has 8 heteroatoms. The molecule has 0 aromatic heterocycles. The number of benzene rings is 2. The van der Waals surface area contributed by atoms with E-state index in [1.54, 1.807) is 18.2 Å². The van der Waals surface area contributed by atoms with Gasteiger partial charge < -0.3 is 10.1 Å². The van der Waals surface area contributed by atoms with E-state index in [4.69, 9.17) is 4.74 Å². The number of nitrogens with zero attached hydrogens (tertiary/aromatic N) is 1. The third kappa shape index (κ3) is 3.05. The van der Waals surface area contributed by atoms with Gasteiger partial charge in [-0.15, -0.1) is 0 Å². The van der Waals surface area contributed by atoms with E-state index in [1.807, 2.05) is 0 Å². The van der Waals surface area contributed by atoms with Crippen molar-refractivity contribution in [1.82, 2.24) is 10.2 Å². The lowest BCUT2D eigenvalue weighted by Gasteiger charge is -2.22. The minimum Gasteiger partial charge on any atom is -0.496 e. The summed E-state index contributed by atoms with van der Waals surface area (Å²) in [7, 11) is 1.49. The van der Waals surface area contributed by atoms with Gasteiger partial charge in [-0.3, -0.25) is 9.69 Å². The highest BCUT2D eigenvalue weighted by Crippen LogP contribution is 2.32. The van der Waals surface area contributed by atoms with Crippen LogP contribution in [0.25, 0.3) is 0 Å². The van der Waals surface area contributed by atoms with Gasteiger partial charge >= 0.3 is 6.03 Å². The van der Waals surface area contributed by atoms with Gasteiger partial charge in [0, 0.05) is 10.0 Å². The maximum absolute atomic E-state index is 13.6. The van der Waals surface area contributed by atoms with Gasteiger partial charge in [-0.2, -0.15) is 0 Å². The van der Waals surface area contributed by atoms with Crippen LogP contribution in [0.15, 0.2) is 40.9 Å². The summed E-state index contributed by atoms with van der Waals surface area (Å²) in [5, 5.41) is 2.56. The summed E-state index contributed by atoms with van der Waals surface area (Å²) in [6, 6.07) is 7.73. The molecular weight excluding hydrogens is 410 g/mol. The maximum atomic E-state index is 13.6. The molecule has 0 aliphatic carbocycles. The van der Waals surface area contributed by atoms with Crippen molar-refractivity contribution in [2.75, 3.05) is 7.11 Å². The number of carbonyl (C=O) groups excluding carboxylic acids is 2. The summed E-state index contributed by atoms with van der Waals surface area (Å²) in [6.45, 7) is 1.44. The first kappa shape index (κ1) is 18.3. The van der Waals surface area contributed by atoms with E-state index in [1.165, 1.54) is 20.1 Å². The Balaban J connectivity index is 1.94. The highest BCUT2D eigenvalue weighted by Gasteiger charge is 2.49. The summed E-state index contributed by atoms with van der Waals surface area (Å²) < 4.78 is 32.8. The van der Waals surface area contributed by atoms with Crippen molar-refractivity contribution in [3.05, 3.63) is 63.6 Å². The molecule has 26 heavy (non-hydrogen) atoms. The average Bonchev–Trinajstić information content (AvgIpc) is 2.82. The first-order valence-electron chi connectivity index (χ1n) is 7.68. The van der Waals surface area contributed by atoms with Crippen LogP contribution in [0.1, 0.15) is 18.1 Å². The van der Waals surface area contributed by atoms with Crippen LogP contribution in [0.4, 0.5) is 13.6 Å². The van der Waals surface area contributed by atoms with Gasteiger partial charge in [-0.05, 0) is 42.8 Å². The SMILES string of the molecule is COc1ccc(Br)cc1CN1C(=O)NC(C)(c2ccc(F)c(F)c2)C1=O. The van der Waals surface area contributed by atoms with Crippen molar-refractivity contribution < 1.29 is 23.1 Å². The van der Waals surface area contributed by atoms with E-state index >= 15 is 0 Å². The molecule has 2 aromatic carbocycles. The summed E-state index contributed by atoms with van der Waals surface area (Å²) in [5.74, 6) is -2.14. The number of urea groups is 1. The van der Waals surface area contributed by atoms with Crippen molar-refractivity contribution in [3.63, 3.8) is 0 Å². The van der Waals surface area contributed by atoms with E-state index in [9.17, 15) is 18.4 Å². The van der Waals surface area contributed by atoms with Crippen LogP contribution in [0.3, 0.4) is 0 Å². The molecule has 2 aromatic rings. The van der Waals surface area contributed by atoms with Gasteiger partial charge in [0.15, 0.2) is 11.6 Å². The Morgan fingerprint density at radius 3 is 2.54 bits per heavy atom. The smallest absolute Gasteiger partial charge is 0.325 e. The van der Waals surface area contributed by atoms with Crippen LogP contribution < -0.4 is 10.1 Å². The number of amides is 3. The monoisotopic (exact) mass is 424 g/mol. The molecule has 0 spiro atoms. The quantitative estimate of drug-likeness (QED) is 0.761. The second-order valence-corrected chi connectivity index (χ2v) is 6.95. The predicted molar refractivity (Wildman–Crippen MR) is 93.5 cm³/mol. The Morgan fingerprint density at radius 1 is 1.15 bits per heavy atom. The molecule has 1 atom stereocenters. The van der Waals surface area contributed by atoms with Crippen molar-refractivity contribution >= 4 is 27.9 Å². The molecular formula is C18H15BrF2N2O3. The van der Waals surface area contributed by atoms with E-state index < -0.39 is 29.1 Å². The third-order valence-corrected chi connectivity index (χ3v) is 4.84. The van der Waals surface area contributed by atoms with Crippen LogP contribution >= 0.6 is 15.9 Å².